The van der Waals surface area contributed by atoms with E-state index in [1.807, 2.05) is 0 Å². The summed E-state index contributed by atoms with van der Waals surface area (Å²) in [5, 5.41) is 23.4. The summed E-state index contributed by atoms with van der Waals surface area (Å²) in [5.74, 6) is 0.328. The lowest BCUT2D eigenvalue weighted by atomic mass is 10.1. The summed E-state index contributed by atoms with van der Waals surface area (Å²) in [4.78, 5) is 33.0. The number of aromatic nitrogens is 2. The minimum absolute atomic E-state index is 0.0920. The van der Waals surface area contributed by atoms with Crippen LogP contribution in [-0.4, -0.2) is 37.4 Å². The van der Waals surface area contributed by atoms with Crippen molar-refractivity contribution >= 4 is 16.9 Å². The Morgan fingerprint density at radius 2 is 2.06 bits per heavy atom. The summed E-state index contributed by atoms with van der Waals surface area (Å²) in [5.41, 5.74) is -1.44. The molecule has 0 aliphatic heterocycles. The summed E-state index contributed by atoms with van der Waals surface area (Å²) in [6.07, 6.45) is -2.53. The normalized spacial score (nSPS) is 14.2. The molecule has 0 aliphatic carbocycles. The van der Waals surface area contributed by atoms with E-state index in [2.05, 4.69) is 10.2 Å². The quantitative estimate of drug-likeness (QED) is 0.553. The number of nitrogens with one attached hydrogen (secondary N) is 2. The molecular weight excluding hydrogens is 260 g/mol. The van der Waals surface area contributed by atoms with Crippen LogP contribution >= 0.6 is 11.8 Å². The van der Waals surface area contributed by atoms with Crippen molar-refractivity contribution in [2.24, 2.45) is 0 Å². The number of carbonyl (C=O) groups is 1. The maximum Gasteiger partial charge on any atom is 0.268 e. The molecule has 18 heavy (non-hydrogen) atoms. The van der Waals surface area contributed by atoms with Gasteiger partial charge in [0.2, 0.25) is 0 Å². The summed E-state index contributed by atoms with van der Waals surface area (Å²) in [7, 11) is 0. The van der Waals surface area contributed by atoms with E-state index in [4.69, 9.17) is 0 Å². The lowest BCUT2D eigenvalue weighted by Gasteiger charge is -2.16. The van der Waals surface area contributed by atoms with Gasteiger partial charge in [0, 0.05) is 18.7 Å². The Morgan fingerprint density at radius 3 is 2.67 bits per heavy atom. The maximum absolute atomic E-state index is 11.3. The van der Waals surface area contributed by atoms with Crippen molar-refractivity contribution < 1.29 is 15.0 Å². The van der Waals surface area contributed by atoms with E-state index >= 15 is 0 Å². The van der Waals surface area contributed by atoms with Gasteiger partial charge in [0.05, 0.1) is 11.7 Å². The van der Waals surface area contributed by atoms with E-state index in [0.717, 1.165) is 17.8 Å². The number of carbonyl (C=O) groups excluding carboxylic acids is 1. The third-order valence-electron chi connectivity index (χ3n) is 2.25. The molecule has 100 valence electrons. The lowest BCUT2D eigenvalue weighted by molar-refractivity contribution is -0.109. The van der Waals surface area contributed by atoms with E-state index in [1.54, 1.807) is 0 Å². The first-order chi connectivity index (χ1) is 8.41. The van der Waals surface area contributed by atoms with Crippen LogP contribution in [0.25, 0.3) is 0 Å². The van der Waals surface area contributed by atoms with E-state index in [9.17, 15) is 24.6 Å². The number of hydrogen-bond donors (Lipinski definition) is 4. The van der Waals surface area contributed by atoms with E-state index in [1.165, 1.54) is 6.92 Å². The molecule has 2 unspecified atom stereocenters. The van der Waals surface area contributed by atoms with Gasteiger partial charge in [-0.3, -0.25) is 24.6 Å². The number of hydrogen-bond acceptors (Lipinski definition) is 6. The van der Waals surface area contributed by atoms with Crippen LogP contribution in [0.3, 0.4) is 0 Å². The molecule has 0 spiro atoms. The van der Waals surface area contributed by atoms with Gasteiger partial charge in [0.1, 0.15) is 6.10 Å². The lowest BCUT2D eigenvalue weighted by Crippen LogP contribution is -2.29. The molecule has 0 saturated carbocycles. The molecule has 0 radical (unpaired) electrons. The van der Waals surface area contributed by atoms with Crippen molar-refractivity contribution in [1.82, 2.24) is 10.2 Å². The molecule has 1 rings (SSSR count). The highest BCUT2D eigenvalue weighted by Gasteiger charge is 2.21. The number of aliphatic hydroxyl groups is 2. The molecule has 7 nitrogen and oxygen atoms in total. The van der Waals surface area contributed by atoms with Crippen molar-refractivity contribution in [3.05, 3.63) is 32.3 Å². The van der Waals surface area contributed by atoms with E-state index in [-0.39, 0.29) is 17.1 Å². The molecule has 0 aliphatic rings. The highest BCUT2D eigenvalue weighted by molar-refractivity contribution is 8.13. The minimum Gasteiger partial charge on any atom is -0.390 e. The van der Waals surface area contributed by atoms with Crippen LogP contribution in [0, 0.1) is 0 Å². The van der Waals surface area contributed by atoms with Gasteiger partial charge in [0.25, 0.3) is 11.1 Å². The number of aromatic amines is 2. The zero-order valence-corrected chi connectivity index (χ0v) is 10.5. The van der Waals surface area contributed by atoms with Gasteiger partial charge >= 0.3 is 0 Å². The Morgan fingerprint density at radius 1 is 1.39 bits per heavy atom. The highest BCUT2D eigenvalue weighted by Crippen LogP contribution is 2.16. The first-order valence-corrected chi connectivity index (χ1v) is 6.21. The second-order valence-electron chi connectivity index (χ2n) is 3.68. The summed E-state index contributed by atoms with van der Waals surface area (Å²) in [6, 6.07) is 0.935. The zero-order valence-electron chi connectivity index (χ0n) is 9.67. The molecule has 0 amide bonds. The topological polar surface area (TPSA) is 123 Å². The fraction of sp³-hybridized carbons (Fsp3) is 0.500. The van der Waals surface area contributed by atoms with Gasteiger partial charge in [-0.05, 0) is 6.42 Å². The molecule has 4 N–H and O–H groups in total. The summed E-state index contributed by atoms with van der Waals surface area (Å²) in [6.45, 7) is 1.40. The van der Waals surface area contributed by atoms with Gasteiger partial charge < -0.3 is 10.2 Å². The molecule has 0 aromatic carbocycles. The molecule has 1 aromatic rings. The third kappa shape index (κ3) is 4.13. The smallest absolute Gasteiger partial charge is 0.268 e. The van der Waals surface area contributed by atoms with Crippen molar-refractivity contribution in [3.8, 4) is 0 Å². The molecule has 0 bridgehead atoms. The number of H-pyrrole nitrogens is 2. The van der Waals surface area contributed by atoms with E-state index in [0.29, 0.717) is 5.75 Å². The average molecular weight is 274 g/mol. The Kier molecular flexibility index (Phi) is 5.32. The van der Waals surface area contributed by atoms with Crippen molar-refractivity contribution in [2.45, 2.75) is 25.6 Å². The van der Waals surface area contributed by atoms with E-state index < -0.39 is 23.3 Å². The Balaban J connectivity index is 2.71. The van der Waals surface area contributed by atoms with Gasteiger partial charge in [-0.15, -0.1) is 0 Å². The minimum atomic E-state index is -1.45. The highest BCUT2D eigenvalue weighted by atomic mass is 32.2. The molecule has 0 fully saturated rings. The van der Waals surface area contributed by atoms with Gasteiger partial charge in [0.15, 0.2) is 5.12 Å². The Hall–Kier alpha value is -1.38. The number of thioether (sulfide) groups is 1. The molecule has 1 aromatic heterocycles. The first-order valence-electron chi connectivity index (χ1n) is 5.23. The van der Waals surface area contributed by atoms with Crippen LogP contribution in [0.2, 0.25) is 0 Å². The molecule has 8 heteroatoms. The van der Waals surface area contributed by atoms with Gasteiger partial charge in [-0.2, -0.15) is 0 Å². The monoisotopic (exact) mass is 274 g/mol. The van der Waals surface area contributed by atoms with Crippen LogP contribution in [0.15, 0.2) is 15.7 Å². The molecule has 1 heterocycles. The van der Waals surface area contributed by atoms with Crippen molar-refractivity contribution in [1.29, 1.82) is 0 Å². The van der Waals surface area contributed by atoms with Crippen LogP contribution in [0.5, 0.6) is 0 Å². The number of aliphatic hydroxyl groups excluding tert-OH is 2. The standard InChI is InChI=1S/C10H14N2O5S/c1-5(13)18-3-2-7(14)9(16)6-4-8(15)11-12-10(6)17/h4,7,9,14,16H,2-3H2,1H3,(H,11,15)(H,12,17). The second-order valence-corrected chi connectivity index (χ2v) is 4.96. The Bertz CT molecular complexity index is 523. The largest absolute Gasteiger partial charge is 0.390 e. The van der Waals surface area contributed by atoms with Crippen molar-refractivity contribution in [2.75, 3.05) is 5.75 Å². The molecular formula is C10H14N2O5S. The summed E-state index contributed by atoms with van der Waals surface area (Å²) >= 11 is 1.02. The SMILES string of the molecule is CC(=O)SCCC(O)C(O)c1cc(=O)[nH][nH]c1=O. The fourth-order valence-electron chi connectivity index (χ4n) is 1.34. The van der Waals surface area contributed by atoms with Gasteiger partial charge in [-0.1, -0.05) is 11.8 Å². The summed E-state index contributed by atoms with van der Waals surface area (Å²) < 4.78 is 0. The molecule has 2 atom stereocenters. The predicted octanol–water partition coefficient (Wildman–Crippen LogP) is -0.873. The van der Waals surface area contributed by atoms with Crippen LogP contribution in [0.4, 0.5) is 0 Å². The van der Waals surface area contributed by atoms with Crippen molar-refractivity contribution in [3.63, 3.8) is 0 Å². The van der Waals surface area contributed by atoms with Crippen LogP contribution < -0.4 is 11.1 Å². The first kappa shape index (κ1) is 14.7. The number of rotatable bonds is 5. The second kappa shape index (κ2) is 6.53. The van der Waals surface area contributed by atoms with Crippen LogP contribution in [-0.2, 0) is 4.79 Å². The third-order valence-corrected chi connectivity index (χ3v) is 3.10. The van der Waals surface area contributed by atoms with Gasteiger partial charge in [-0.25, -0.2) is 0 Å². The predicted molar refractivity (Wildman–Crippen MR) is 66.4 cm³/mol. The Labute approximate surface area is 106 Å². The fourth-order valence-corrected chi connectivity index (χ4v) is 1.99. The zero-order chi connectivity index (χ0) is 13.7. The molecule has 0 saturated heterocycles. The average Bonchev–Trinajstić information content (AvgIpc) is 2.30. The maximum atomic E-state index is 11.3. The van der Waals surface area contributed by atoms with Crippen LogP contribution in [0.1, 0.15) is 25.0 Å².